The summed E-state index contributed by atoms with van der Waals surface area (Å²) in [4.78, 5) is 29.9. The van der Waals surface area contributed by atoms with Gasteiger partial charge in [0.2, 0.25) is 5.91 Å². The molecule has 0 saturated carbocycles. The number of hydrogen-bond acceptors (Lipinski definition) is 3. The van der Waals surface area contributed by atoms with Crippen LogP contribution < -0.4 is 10.6 Å². The van der Waals surface area contributed by atoms with Crippen molar-refractivity contribution in [3.05, 3.63) is 59.9 Å². The van der Waals surface area contributed by atoms with Crippen LogP contribution in [0.3, 0.4) is 0 Å². The van der Waals surface area contributed by atoms with E-state index in [1.165, 1.54) is 0 Å². The first-order chi connectivity index (χ1) is 13.2. The predicted molar refractivity (Wildman–Crippen MR) is 105 cm³/mol. The van der Waals surface area contributed by atoms with Gasteiger partial charge in [-0.15, -0.1) is 0 Å². The van der Waals surface area contributed by atoms with E-state index >= 15 is 0 Å². The molecule has 1 saturated heterocycles. The molecule has 2 aromatic rings. The lowest BCUT2D eigenvalue weighted by Gasteiger charge is -2.23. The fourth-order valence-electron chi connectivity index (χ4n) is 3.40. The van der Waals surface area contributed by atoms with Crippen LogP contribution in [-0.4, -0.2) is 47.9 Å². The number of nitrogens with zero attached hydrogens (tertiary/aromatic N) is 1. The molecule has 0 bridgehead atoms. The van der Waals surface area contributed by atoms with E-state index in [4.69, 9.17) is 0 Å². The van der Waals surface area contributed by atoms with E-state index in [-0.39, 0.29) is 17.9 Å². The number of rotatable bonds is 2. The molecule has 0 radical (unpaired) electrons. The van der Waals surface area contributed by atoms with Gasteiger partial charge in [0.25, 0.3) is 5.91 Å². The minimum absolute atomic E-state index is 0.0143. The van der Waals surface area contributed by atoms with Gasteiger partial charge in [-0.1, -0.05) is 30.3 Å². The molecule has 3 N–H and O–H groups in total. The molecule has 1 unspecified atom stereocenters. The van der Waals surface area contributed by atoms with Crippen molar-refractivity contribution in [1.82, 2.24) is 20.5 Å². The van der Waals surface area contributed by atoms with E-state index in [1.807, 2.05) is 47.4 Å². The van der Waals surface area contributed by atoms with Gasteiger partial charge in [0.05, 0.1) is 0 Å². The summed E-state index contributed by atoms with van der Waals surface area (Å²) in [5.74, 6) is 0.105. The zero-order valence-electron chi connectivity index (χ0n) is 15.6. The van der Waals surface area contributed by atoms with E-state index in [2.05, 4.69) is 15.6 Å². The number of carbonyl (C=O) groups is 2. The lowest BCUT2D eigenvalue weighted by atomic mass is 10.0. The molecule has 1 aromatic carbocycles. The van der Waals surface area contributed by atoms with Gasteiger partial charge in [0.1, 0.15) is 5.69 Å². The van der Waals surface area contributed by atoms with E-state index in [0.29, 0.717) is 31.7 Å². The monoisotopic (exact) mass is 368 g/mol. The van der Waals surface area contributed by atoms with Crippen LogP contribution in [0, 0.1) is 0 Å². The maximum Gasteiger partial charge on any atom is 0.270 e. The number of aromatic amines is 1. The zero-order chi connectivity index (χ0) is 18.9. The Kier molecular flexibility index (Phi) is 7.04. The molecular weight excluding hydrogens is 340 g/mol. The fraction of sp³-hybridized carbons (Fsp3) is 0.429. The second-order valence-electron chi connectivity index (χ2n) is 6.91. The first kappa shape index (κ1) is 19.2. The summed E-state index contributed by atoms with van der Waals surface area (Å²) in [6, 6.07) is 13.7. The van der Waals surface area contributed by atoms with Gasteiger partial charge in [-0.25, -0.2) is 0 Å². The lowest BCUT2D eigenvalue weighted by molar-refractivity contribution is -0.121. The molecule has 3 rings (SSSR count). The number of aromatic nitrogens is 1. The molecule has 144 valence electrons. The Balaban J connectivity index is 1.65. The summed E-state index contributed by atoms with van der Waals surface area (Å²) < 4.78 is 0. The molecule has 6 heteroatoms. The molecule has 1 aliphatic heterocycles. The molecule has 0 spiro atoms. The van der Waals surface area contributed by atoms with Crippen LogP contribution in [0.5, 0.6) is 0 Å². The summed E-state index contributed by atoms with van der Waals surface area (Å²) in [6.45, 7) is 2.80. The van der Waals surface area contributed by atoms with Crippen LogP contribution in [0.2, 0.25) is 0 Å². The maximum atomic E-state index is 12.7. The van der Waals surface area contributed by atoms with Crippen molar-refractivity contribution in [2.45, 2.75) is 31.7 Å². The number of nitrogens with one attached hydrogen (secondary N) is 3. The molecule has 1 atom stereocenters. The van der Waals surface area contributed by atoms with Crippen molar-refractivity contribution in [3.63, 3.8) is 0 Å². The first-order valence-electron chi connectivity index (χ1n) is 9.72. The SMILES string of the molecule is O=C1CC(c2ccccc2)NCCCN(C(=O)c2ccc[nH]2)CCCCN1. The molecule has 2 heterocycles. The predicted octanol–water partition coefficient (Wildman–Crippen LogP) is 2.48. The number of H-pyrrole nitrogens is 1. The normalized spacial score (nSPS) is 20.1. The third kappa shape index (κ3) is 5.69. The van der Waals surface area contributed by atoms with Gasteiger partial charge in [-0.2, -0.15) is 0 Å². The Morgan fingerprint density at radius 1 is 0.963 bits per heavy atom. The largest absolute Gasteiger partial charge is 0.357 e. The molecular formula is C21H28N4O2. The van der Waals surface area contributed by atoms with E-state index < -0.39 is 0 Å². The Morgan fingerprint density at radius 3 is 2.56 bits per heavy atom. The van der Waals surface area contributed by atoms with Crippen LogP contribution in [-0.2, 0) is 4.79 Å². The Hall–Kier alpha value is -2.60. The van der Waals surface area contributed by atoms with Gasteiger partial charge >= 0.3 is 0 Å². The highest BCUT2D eigenvalue weighted by Crippen LogP contribution is 2.17. The van der Waals surface area contributed by atoms with Crippen LogP contribution >= 0.6 is 0 Å². The highest BCUT2D eigenvalue weighted by molar-refractivity contribution is 5.92. The quantitative estimate of drug-likeness (QED) is 0.762. The number of benzene rings is 1. The van der Waals surface area contributed by atoms with Crippen LogP contribution in [0.25, 0.3) is 0 Å². The van der Waals surface area contributed by atoms with E-state index in [9.17, 15) is 9.59 Å². The second-order valence-corrected chi connectivity index (χ2v) is 6.91. The Morgan fingerprint density at radius 2 is 1.78 bits per heavy atom. The Bertz CT molecular complexity index is 715. The standard InChI is InChI=1S/C21H28N4O2/c26-20-16-19(17-8-2-1-3-9-17)23-13-7-15-25(14-5-4-11-24-20)21(27)18-10-6-12-22-18/h1-3,6,8-10,12,19,22-23H,4-5,7,11,13-16H2,(H,24,26). The molecule has 6 nitrogen and oxygen atoms in total. The van der Waals surface area contributed by atoms with Gasteiger partial charge in [-0.05, 0) is 43.5 Å². The highest BCUT2D eigenvalue weighted by Gasteiger charge is 2.18. The van der Waals surface area contributed by atoms with Crippen molar-refractivity contribution in [2.75, 3.05) is 26.2 Å². The van der Waals surface area contributed by atoms with Gasteiger partial charge in [0, 0.05) is 38.3 Å². The van der Waals surface area contributed by atoms with Gasteiger partial charge in [0.15, 0.2) is 0 Å². The number of carbonyl (C=O) groups excluding carboxylic acids is 2. The average Bonchev–Trinajstić information content (AvgIpc) is 3.23. The van der Waals surface area contributed by atoms with E-state index in [0.717, 1.165) is 31.4 Å². The third-order valence-electron chi connectivity index (χ3n) is 4.88. The van der Waals surface area contributed by atoms with Gasteiger partial charge in [-0.3, -0.25) is 9.59 Å². The molecule has 1 fully saturated rings. The smallest absolute Gasteiger partial charge is 0.270 e. The summed E-state index contributed by atoms with van der Waals surface area (Å²) in [6.07, 6.45) is 4.79. The average molecular weight is 368 g/mol. The highest BCUT2D eigenvalue weighted by atomic mass is 16.2. The van der Waals surface area contributed by atoms with Crippen molar-refractivity contribution >= 4 is 11.8 Å². The fourth-order valence-corrected chi connectivity index (χ4v) is 3.40. The van der Waals surface area contributed by atoms with Crippen LogP contribution in [0.4, 0.5) is 0 Å². The first-order valence-corrected chi connectivity index (χ1v) is 9.72. The van der Waals surface area contributed by atoms with Crippen molar-refractivity contribution in [1.29, 1.82) is 0 Å². The number of amides is 2. The summed E-state index contributed by atoms with van der Waals surface area (Å²) in [5, 5.41) is 6.50. The molecule has 0 aliphatic carbocycles. The van der Waals surface area contributed by atoms with Crippen molar-refractivity contribution in [2.24, 2.45) is 0 Å². The molecule has 2 amide bonds. The van der Waals surface area contributed by atoms with Gasteiger partial charge < -0.3 is 20.5 Å². The van der Waals surface area contributed by atoms with Crippen LogP contribution in [0.1, 0.15) is 47.8 Å². The minimum atomic E-state index is -0.0143. The summed E-state index contributed by atoms with van der Waals surface area (Å²) >= 11 is 0. The van der Waals surface area contributed by atoms with Crippen molar-refractivity contribution < 1.29 is 9.59 Å². The summed E-state index contributed by atoms with van der Waals surface area (Å²) in [7, 11) is 0. The maximum absolute atomic E-state index is 12.7. The van der Waals surface area contributed by atoms with Crippen LogP contribution in [0.15, 0.2) is 48.7 Å². The van der Waals surface area contributed by atoms with Crippen molar-refractivity contribution in [3.8, 4) is 0 Å². The molecule has 1 aliphatic rings. The minimum Gasteiger partial charge on any atom is -0.357 e. The zero-order valence-corrected chi connectivity index (χ0v) is 15.6. The van der Waals surface area contributed by atoms with E-state index in [1.54, 1.807) is 6.20 Å². The summed E-state index contributed by atoms with van der Waals surface area (Å²) in [5.41, 5.74) is 1.74. The lowest BCUT2D eigenvalue weighted by Crippen LogP contribution is -2.35. The third-order valence-corrected chi connectivity index (χ3v) is 4.88. The number of hydrogen-bond donors (Lipinski definition) is 3. The Labute approximate surface area is 160 Å². The topological polar surface area (TPSA) is 77.2 Å². The second kappa shape index (κ2) is 9.92. The molecule has 1 aromatic heterocycles. The molecule has 27 heavy (non-hydrogen) atoms.